The molecule has 1 rings (SSSR count). The van der Waals surface area contributed by atoms with Crippen LogP contribution in [0.5, 0.6) is 0 Å². The highest BCUT2D eigenvalue weighted by Gasteiger charge is 2.35. The van der Waals surface area contributed by atoms with E-state index in [0.717, 1.165) is 5.19 Å². The highest BCUT2D eigenvalue weighted by Crippen LogP contribution is 2.14. The molecule has 13 heavy (non-hydrogen) atoms. The lowest BCUT2D eigenvalue weighted by atomic mass is 10.4. The molecule has 1 unspecified atom stereocenters. The lowest BCUT2D eigenvalue weighted by Gasteiger charge is -2.21. The van der Waals surface area contributed by atoms with Crippen LogP contribution in [0.3, 0.4) is 0 Å². The second kappa shape index (κ2) is 4.90. The first-order valence-corrected chi connectivity index (χ1v) is 8.24. The van der Waals surface area contributed by atoms with Crippen LogP contribution in [-0.2, 0) is 8.85 Å². The first-order chi connectivity index (χ1) is 6.23. The Morgan fingerprint density at radius 2 is 1.92 bits per heavy atom. The normalized spacial score (nSPS) is 15.3. The van der Waals surface area contributed by atoms with Crippen molar-refractivity contribution in [3.05, 3.63) is 30.3 Å². The smallest absolute Gasteiger partial charge is 0.386 e. The predicted molar refractivity (Wildman–Crippen MR) is 59.4 cm³/mol. The summed E-state index contributed by atoms with van der Waals surface area (Å²) < 4.78 is 11.0. The maximum Gasteiger partial charge on any atom is 0.448 e. The number of hydrogen-bond acceptors (Lipinski definition) is 2. The summed E-state index contributed by atoms with van der Waals surface area (Å²) >= 11 is 3.55. The quantitative estimate of drug-likeness (QED) is 0.609. The Labute approximate surface area is 87.7 Å². The molecule has 0 saturated carbocycles. The van der Waals surface area contributed by atoms with Crippen molar-refractivity contribution in [2.45, 2.75) is 6.92 Å². The second-order valence-electron chi connectivity index (χ2n) is 2.54. The molecule has 72 valence electrons. The third kappa shape index (κ3) is 2.64. The molecule has 1 atom stereocenters. The lowest BCUT2D eigenvalue weighted by Crippen LogP contribution is -2.47. The topological polar surface area (TPSA) is 18.5 Å². The Morgan fingerprint density at radius 3 is 2.38 bits per heavy atom. The van der Waals surface area contributed by atoms with Gasteiger partial charge in [0.15, 0.2) is 0 Å². The Kier molecular flexibility index (Phi) is 4.12. The van der Waals surface area contributed by atoms with E-state index in [4.69, 9.17) is 8.85 Å². The summed E-state index contributed by atoms with van der Waals surface area (Å²) in [5, 5.41) is 1.10. The molecule has 0 aliphatic rings. The van der Waals surface area contributed by atoms with Crippen molar-refractivity contribution in [2.24, 2.45) is 0 Å². The van der Waals surface area contributed by atoms with Gasteiger partial charge in [-0.3, -0.25) is 0 Å². The maximum atomic E-state index is 5.60. The Morgan fingerprint density at radius 1 is 1.31 bits per heavy atom. The molecular weight excluding hydrogens is 248 g/mol. The minimum atomic E-state index is -2.29. The van der Waals surface area contributed by atoms with Gasteiger partial charge in [-0.1, -0.05) is 45.6 Å². The average molecular weight is 261 g/mol. The van der Waals surface area contributed by atoms with Gasteiger partial charge in [0, 0.05) is 18.9 Å². The molecule has 0 amide bonds. The van der Waals surface area contributed by atoms with Crippen molar-refractivity contribution in [2.75, 3.05) is 13.7 Å². The van der Waals surface area contributed by atoms with E-state index in [0.29, 0.717) is 6.61 Å². The van der Waals surface area contributed by atoms with Crippen LogP contribution in [-0.4, -0.2) is 20.9 Å². The monoisotopic (exact) mass is 260 g/mol. The zero-order valence-corrected chi connectivity index (χ0v) is 10.4. The van der Waals surface area contributed by atoms with E-state index < -0.39 is 7.18 Å². The molecule has 0 heterocycles. The van der Waals surface area contributed by atoms with Gasteiger partial charge in [-0.25, -0.2) is 0 Å². The van der Waals surface area contributed by atoms with Crippen molar-refractivity contribution in [3.8, 4) is 0 Å². The standard InChI is InChI=1S/C9H13BrO2Si/c1-3-12-13(10,11-2)9-7-5-4-6-8-9/h4-8H,3H2,1-2H3. The van der Waals surface area contributed by atoms with Crippen molar-refractivity contribution >= 4 is 27.7 Å². The summed E-state index contributed by atoms with van der Waals surface area (Å²) in [6.07, 6.45) is 0. The molecule has 0 saturated heterocycles. The summed E-state index contributed by atoms with van der Waals surface area (Å²) in [7, 11) is -0.617. The summed E-state index contributed by atoms with van der Waals surface area (Å²) in [4.78, 5) is 0. The minimum absolute atomic E-state index is 0.653. The van der Waals surface area contributed by atoms with Crippen molar-refractivity contribution < 1.29 is 8.85 Å². The Hall–Kier alpha value is -0.163. The molecule has 1 aromatic rings. The van der Waals surface area contributed by atoms with Crippen molar-refractivity contribution in [1.29, 1.82) is 0 Å². The van der Waals surface area contributed by atoms with Crippen molar-refractivity contribution in [1.82, 2.24) is 0 Å². The molecule has 0 N–H and O–H groups in total. The van der Waals surface area contributed by atoms with Crippen LogP contribution in [0.4, 0.5) is 0 Å². The van der Waals surface area contributed by atoms with Gasteiger partial charge < -0.3 is 8.85 Å². The van der Waals surface area contributed by atoms with E-state index in [1.165, 1.54) is 0 Å². The number of rotatable bonds is 4. The fourth-order valence-corrected chi connectivity index (χ4v) is 4.04. The Balaban J connectivity index is 2.89. The molecule has 0 bridgehead atoms. The fraction of sp³-hybridized carbons (Fsp3) is 0.333. The first-order valence-electron chi connectivity index (χ1n) is 4.16. The molecule has 4 heteroatoms. The molecule has 0 aromatic heterocycles. The zero-order valence-electron chi connectivity index (χ0n) is 7.79. The fourth-order valence-electron chi connectivity index (χ4n) is 1.08. The highest BCUT2D eigenvalue weighted by atomic mass is 79.9. The zero-order chi connectivity index (χ0) is 9.73. The van der Waals surface area contributed by atoms with Crippen LogP contribution < -0.4 is 5.19 Å². The van der Waals surface area contributed by atoms with Crippen LogP contribution >= 0.6 is 15.3 Å². The maximum absolute atomic E-state index is 5.60. The molecule has 0 fully saturated rings. The van der Waals surface area contributed by atoms with Gasteiger partial charge in [0.05, 0.1) is 0 Å². The number of benzene rings is 1. The summed E-state index contributed by atoms with van der Waals surface area (Å²) in [6, 6.07) is 9.97. The van der Waals surface area contributed by atoms with Gasteiger partial charge in [-0.05, 0) is 6.92 Å². The van der Waals surface area contributed by atoms with E-state index in [1.807, 2.05) is 37.3 Å². The van der Waals surface area contributed by atoms with Gasteiger partial charge in [0.25, 0.3) is 0 Å². The lowest BCUT2D eigenvalue weighted by molar-refractivity contribution is 0.247. The molecule has 2 nitrogen and oxygen atoms in total. The predicted octanol–water partition coefficient (Wildman–Crippen LogP) is 1.91. The third-order valence-corrected chi connectivity index (χ3v) is 6.95. The van der Waals surface area contributed by atoms with E-state index in [9.17, 15) is 0 Å². The largest absolute Gasteiger partial charge is 0.448 e. The van der Waals surface area contributed by atoms with Gasteiger partial charge in [0.1, 0.15) is 0 Å². The SMILES string of the molecule is CCO[Si](Br)(OC)c1ccccc1. The van der Waals surface area contributed by atoms with Gasteiger partial charge in [0.2, 0.25) is 0 Å². The van der Waals surface area contributed by atoms with E-state index >= 15 is 0 Å². The summed E-state index contributed by atoms with van der Waals surface area (Å²) in [5.74, 6) is 0. The molecule has 0 spiro atoms. The number of hydrogen-bond donors (Lipinski definition) is 0. The van der Waals surface area contributed by atoms with Crippen LogP contribution in [0.2, 0.25) is 0 Å². The third-order valence-electron chi connectivity index (χ3n) is 1.71. The van der Waals surface area contributed by atoms with Gasteiger partial charge >= 0.3 is 7.18 Å². The van der Waals surface area contributed by atoms with Crippen LogP contribution in [0.1, 0.15) is 6.92 Å². The summed E-state index contributed by atoms with van der Waals surface area (Å²) in [5.41, 5.74) is 0. The van der Waals surface area contributed by atoms with Gasteiger partial charge in [-0.2, -0.15) is 0 Å². The van der Waals surface area contributed by atoms with Crippen molar-refractivity contribution in [3.63, 3.8) is 0 Å². The molecule has 0 radical (unpaired) electrons. The van der Waals surface area contributed by atoms with E-state index in [-0.39, 0.29) is 0 Å². The van der Waals surface area contributed by atoms with Crippen LogP contribution in [0.25, 0.3) is 0 Å². The molecular formula is C9H13BrO2Si. The molecule has 0 aliphatic carbocycles. The van der Waals surface area contributed by atoms with E-state index in [2.05, 4.69) is 15.3 Å². The minimum Gasteiger partial charge on any atom is -0.386 e. The van der Waals surface area contributed by atoms with Crippen LogP contribution in [0, 0.1) is 0 Å². The summed E-state index contributed by atoms with van der Waals surface area (Å²) in [6.45, 7) is 2.62. The first kappa shape index (κ1) is 10.9. The van der Waals surface area contributed by atoms with Crippen LogP contribution in [0.15, 0.2) is 30.3 Å². The van der Waals surface area contributed by atoms with Gasteiger partial charge in [-0.15, -0.1) is 0 Å². The second-order valence-corrected chi connectivity index (χ2v) is 8.02. The molecule has 1 aromatic carbocycles. The highest BCUT2D eigenvalue weighted by molar-refractivity contribution is 9.26. The average Bonchev–Trinajstić information content (AvgIpc) is 2.19. The number of halogens is 1. The van der Waals surface area contributed by atoms with E-state index in [1.54, 1.807) is 7.11 Å². The Bertz CT molecular complexity index is 255. The molecule has 0 aliphatic heterocycles.